The van der Waals surface area contributed by atoms with Gasteiger partial charge >= 0.3 is 0 Å². The molecule has 0 saturated heterocycles. The lowest BCUT2D eigenvalue weighted by Gasteiger charge is -2.16. The monoisotopic (exact) mass is 313 g/mol. The van der Waals surface area contributed by atoms with E-state index in [1.54, 1.807) is 0 Å². The number of halogens is 1. The molecular weight excluding hydrogens is 290 g/mol. The van der Waals surface area contributed by atoms with Gasteiger partial charge in [0.15, 0.2) is 0 Å². The molecule has 2 aromatic carbocycles. The third-order valence-electron chi connectivity index (χ3n) is 4.58. The van der Waals surface area contributed by atoms with Gasteiger partial charge in [-0.05, 0) is 41.7 Å². The Morgan fingerprint density at radius 2 is 1.32 bits per heavy atom. The summed E-state index contributed by atoms with van der Waals surface area (Å²) in [4.78, 5) is 0. The van der Waals surface area contributed by atoms with Gasteiger partial charge in [-0.3, -0.25) is 0 Å². The highest BCUT2D eigenvalue weighted by Crippen LogP contribution is 2.22. The normalized spacial score (nSPS) is 16.4. The molecule has 0 heterocycles. The molecule has 1 fully saturated rings. The van der Waals surface area contributed by atoms with Crippen LogP contribution in [0, 0.1) is 0 Å². The molecule has 0 amide bonds. The van der Waals surface area contributed by atoms with Crippen LogP contribution >= 0.6 is 11.6 Å². The van der Waals surface area contributed by atoms with Gasteiger partial charge < -0.3 is 5.32 Å². The third-order valence-corrected chi connectivity index (χ3v) is 4.83. The van der Waals surface area contributed by atoms with Crippen molar-refractivity contribution in [1.29, 1.82) is 0 Å². The summed E-state index contributed by atoms with van der Waals surface area (Å²) in [5.41, 5.74) is 3.82. The van der Waals surface area contributed by atoms with Gasteiger partial charge in [-0.1, -0.05) is 73.7 Å². The van der Waals surface area contributed by atoms with E-state index in [0.29, 0.717) is 6.04 Å². The lowest BCUT2D eigenvalue weighted by molar-refractivity contribution is 0.459. The fourth-order valence-corrected chi connectivity index (χ4v) is 3.33. The summed E-state index contributed by atoms with van der Waals surface area (Å²) >= 11 is 5.94. The summed E-state index contributed by atoms with van der Waals surface area (Å²) in [7, 11) is 0. The van der Waals surface area contributed by atoms with Crippen LogP contribution in [0.3, 0.4) is 0 Å². The smallest absolute Gasteiger partial charge is 0.0406 e. The zero-order valence-electron chi connectivity index (χ0n) is 13.0. The largest absolute Gasteiger partial charge is 0.310 e. The number of rotatable bonds is 4. The maximum atomic E-state index is 5.94. The van der Waals surface area contributed by atoms with Gasteiger partial charge in [0, 0.05) is 17.6 Å². The highest BCUT2D eigenvalue weighted by molar-refractivity contribution is 6.30. The van der Waals surface area contributed by atoms with Gasteiger partial charge in [-0.25, -0.2) is 0 Å². The molecule has 116 valence electrons. The highest BCUT2D eigenvalue weighted by Gasteiger charge is 2.11. The molecule has 0 spiro atoms. The quantitative estimate of drug-likeness (QED) is 0.701. The Hall–Kier alpha value is -1.31. The van der Waals surface area contributed by atoms with Crippen LogP contribution in [0.4, 0.5) is 0 Å². The topological polar surface area (TPSA) is 12.0 Å². The zero-order chi connectivity index (χ0) is 15.2. The molecule has 0 aliphatic heterocycles. The van der Waals surface area contributed by atoms with E-state index >= 15 is 0 Å². The summed E-state index contributed by atoms with van der Waals surface area (Å²) in [6.45, 7) is 0.978. The van der Waals surface area contributed by atoms with Crippen molar-refractivity contribution in [2.24, 2.45) is 0 Å². The van der Waals surface area contributed by atoms with Crippen LogP contribution in [-0.2, 0) is 6.54 Å². The van der Waals surface area contributed by atoms with E-state index in [4.69, 9.17) is 11.6 Å². The maximum absolute atomic E-state index is 5.94. The van der Waals surface area contributed by atoms with Crippen molar-refractivity contribution in [2.45, 2.75) is 51.1 Å². The summed E-state index contributed by atoms with van der Waals surface area (Å²) in [6.07, 6.45) is 8.26. The van der Waals surface area contributed by atoms with E-state index < -0.39 is 0 Å². The summed E-state index contributed by atoms with van der Waals surface area (Å²) in [5.74, 6) is 0. The minimum Gasteiger partial charge on any atom is -0.310 e. The van der Waals surface area contributed by atoms with Crippen molar-refractivity contribution >= 4 is 11.6 Å². The molecule has 1 nitrogen and oxygen atoms in total. The van der Waals surface area contributed by atoms with Crippen LogP contribution in [0.1, 0.15) is 44.1 Å². The minimum absolute atomic E-state index is 0.707. The first kappa shape index (κ1) is 15.6. The number of hydrogen-bond acceptors (Lipinski definition) is 1. The van der Waals surface area contributed by atoms with Crippen molar-refractivity contribution in [3.63, 3.8) is 0 Å². The molecule has 1 saturated carbocycles. The van der Waals surface area contributed by atoms with Gasteiger partial charge in [-0.2, -0.15) is 0 Å². The van der Waals surface area contributed by atoms with Gasteiger partial charge in [-0.15, -0.1) is 0 Å². The van der Waals surface area contributed by atoms with E-state index in [9.17, 15) is 0 Å². The molecule has 1 N–H and O–H groups in total. The Balaban J connectivity index is 1.58. The van der Waals surface area contributed by atoms with Crippen LogP contribution in [0.25, 0.3) is 11.1 Å². The lowest BCUT2D eigenvalue weighted by Crippen LogP contribution is -2.27. The van der Waals surface area contributed by atoms with Gasteiger partial charge in [0.1, 0.15) is 0 Å². The summed E-state index contributed by atoms with van der Waals surface area (Å²) in [5, 5.41) is 4.51. The molecule has 22 heavy (non-hydrogen) atoms. The van der Waals surface area contributed by atoms with Gasteiger partial charge in [0.05, 0.1) is 0 Å². The molecule has 1 aliphatic carbocycles. The van der Waals surface area contributed by atoms with Crippen molar-refractivity contribution in [3.05, 3.63) is 59.1 Å². The first-order valence-corrected chi connectivity index (χ1v) is 8.77. The van der Waals surface area contributed by atoms with Crippen molar-refractivity contribution in [2.75, 3.05) is 0 Å². The fraction of sp³-hybridized carbons (Fsp3) is 0.400. The second-order valence-electron chi connectivity index (χ2n) is 6.27. The van der Waals surface area contributed by atoms with E-state index in [2.05, 4.69) is 41.7 Å². The first-order chi connectivity index (χ1) is 10.8. The standard InChI is InChI=1S/C20H24ClN/c21-19-13-11-18(12-14-19)17-9-7-16(8-10-17)15-22-20-5-3-1-2-4-6-20/h7-14,20,22H,1-6,15H2. The highest BCUT2D eigenvalue weighted by atomic mass is 35.5. The molecular formula is C20H24ClN. The second-order valence-corrected chi connectivity index (χ2v) is 6.71. The Morgan fingerprint density at radius 3 is 1.91 bits per heavy atom. The maximum Gasteiger partial charge on any atom is 0.0406 e. The van der Waals surface area contributed by atoms with Crippen molar-refractivity contribution in [1.82, 2.24) is 5.32 Å². The Kier molecular flexibility index (Phi) is 5.53. The molecule has 2 heteroatoms. The first-order valence-electron chi connectivity index (χ1n) is 8.39. The average molecular weight is 314 g/mol. The van der Waals surface area contributed by atoms with E-state index in [-0.39, 0.29) is 0 Å². The Labute approximate surface area is 138 Å². The number of nitrogens with one attached hydrogen (secondary N) is 1. The predicted octanol–water partition coefficient (Wildman–Crippen LogP) is 5.82. The van der Waals surface area contributed by atoms with Gasteiger partial charge in [0.25, 0.3) is 0 Å². The number of hydrogen-bond donors (Lipinski definition) is 1. The molecule has 0 unspecified atom stereocenters. The predicted molar refractivity (Wildman–Crippen MR) is 95.2 cm³/mol. The molecule has 0 radical (unpaired) electrons. The van der Waals surface area contributed by atoms with E-state index in [1.165, 1.54) is 55.2 Å². The minimum atomic E-state index is 0.707. The molecule has 0 aromatic heterocycles. The molecule has 1 aliphatic rings. The number of benzene rings is 2. The van der Waals surface area contributed by atoms with E-state index in [1.807, 2.05) is 12.1 Å². The van der Waals surface area contributed by atoms with Crippen LogP contribution in [-0.4, -0.2) is 6.04 Å². The third kappa shape index (κ3) is 4.34. The summed E-state index contributed by atoms with van der Waals surface area (Å²) < 4.78 is 0. The lowest BCUT2D eigenvalue weighted by atomic mass is 10.0. The van der Waals surface area contributed by atoms with Crippen molar-refractivity contribution < 1.29 is 0 Å². The fourth-order valence-electron chi connectivity index (χ4n) is 3.20. The van der Waals surface area contributed by atoms with Crippen molar-refractivity contribution in [3.8, 4) is 11.1 Å². The van der Waals surface area contributed by atoms with Crippen LogP contribution in [0.15, 0.2) is 48.5 Å². The average Bonchev–Trinajstić information content (AvgIpc) is 2.83. The summed E-state index contributed by atoms with van der Waals surface area (Å²) in [6, 6.07) is 17.6. The van der Waals surface area contributed by atoms with Crippen LogP contribution < -0.4 is 5.32 Å². The van der Waals surface area contributed by atoms with E-state index in [0.717, 1.165) is 11.6 Å². The Morgan fingerprint density at radius 1 is 0.773 bits per heavy atom. The Bertz CT molecular complexity index is 566. The molecule has 2 aromatic rings. The SMILES string of the molecule is Clc1ccc(-c2ccc(CNC3CCCCCC3)cc2)cc1. The molecule has 3 rings (SSSR count). The van der Waals surface area contributed by atoms with Gasteiger partial charge in [0.2, 0.25) is 0 Å². The zero-order valence-corrected chi connectivity index (χ0v) is 13.8. The van der Waals surface area contributed by atoms with Crippen LogP contribution in [0.2, 0.25) is 5.02 Å². The molecule has 0 atom stereocenters. The van der Waals surface area contributed by atoms with Crippen LogP contribution in [0.5, 0.6) is 0 Å². The second kappa shape index (κ2) is 7.80. The molecule has 0 bridgehead atoms.